The highest BCUT2D eigenvalue weighted by Crippen LogP contribution is 2.28. The van der Waals surface area contributed by atoms with Crippen LogP contribution in [-0.2, 0) is 21.3 Å². The predicted molar refractivity (Wildman–Crippen MR) is 122 cm³/mol. The molecule has 1 amide bonds. The first-order chi connectivity index (χ1) is 14.8. The molecule has 0 aliphatic rings. The van der Waals surface area contributed by atoms with Crippen molar-refractivity contribution in [2.24, 2.45) is 0 Å². The molecule has 0 aliphatic carbocycles. The van der Waals surface area contributed by atoms with Gasteiger partial charge >= 0.3 is 0 Å². The largest absolute Gasteiger partial charge is 0.383 e. The lowest BCUT2D eigenvalue weighted by Crippen LogP contribution is -2.27. The maximum atomic E-state index is 12.5. The number of hydrogen-bond donors (Lipinski definition) is 2. The lowest BCUT2D eigenvalue weighted by Gasteiger charge is -2.07. The Morgan fingerprint density at radius 2 is 1.81 bits per heavy atom. The number of methoxy groups -OCH3 is 1. The fraction of sp³-hybridized carbons (Fsp3) is 0.238. The zero-order valence-corrected chi connectivity index (χ0v) is 19.4. The SMILES string of the molecule is COCCNS(=O)(=O)c1ccc(C(=O)NCc2nc(-c3ccc(Cl)cc3)c(C)s2)cc1. The number of aromatic nitrogens is 1. The Labute approximate surface area is 190 Å². The molecule has 7 nitrogen and oxygen atoms in total. The van der Waals surface area contributed by atoms with Crippen molar-refractivity contribution in [3.05, 3.63) is 69.0 Å². The summed E-state index contributed by atoms with van der Waals surface area (Å²) in [5.41, 5.74) is 2.19. The molecule has 0 aliphatic heterocycles. The Kier molecular flexibility index (Phi) is 7.79. The average molecular weight is 480 g/mol. The van der Waals surface area contributed by atoms with E-state index < -0.39 is 10.0 Å². The van der Waals surface area contributed by atoms with Gasteiger partial charge in [-0.25, -0.2) is 18.1 Å². The van der Waals surface area contributed by atoms with Gasteiger partial charge in [0.25, 0.3) is 5.91 Å². The molecule has 164 valence electrons. The van der Waals surface area contributed by atoms with E-state index in [-0.39, 0.29) is 30.5 Å². The van der Waals surface area contributed by atoms with Crippen LogP contribution >= 0.6 is 22.9 Å². The molecule has 0 unspecified atom stereocenters. The van der Waals surface area contributed by atoms with E-state index in [2.05, 4.69) is 15.0 Å². The molecule has 2 N–H and O–H groups in total. The number of ether oxygens (including phenoxy) is 1. The topological polar surface area (TPSA) is 97.4 Å². The van der Waals surface area contributed by atoms with Crippen molar-refractivity contribution < 1.29 is 17.9 Å². The third kappa shape index (κ3) is 6.11. The molecule has 0 fully saturated rings. The van der Waals surface area contributed by atoms with Crippen LogP contribution in [0.1, 0.15) is 20.2 Å². The van der Waals surface area contributed by atoms with E-state index in [1.54, 1.807) is 0 Å². The number of carbonyl (C=O) groups excluding carboxylic acids is 1. The molecule has 0 atom stereocenters. The maximum Gasteiger partial charge on any atom is 0.251 e. The number of aryl methyl sites for hydroxylation is 1. The zero-order chi connectivity index (χ0) is 22.4. The molecule has 0 radical (unpaired) electrons. The minimum absolute atomic E-state index is 0.0864. The van der Waals surface area contributed by atoms with Crippen molar-refractivity contribution in [2.75, 3.05) is 20.3 Å². The van der Waals surface area contributed by atoms with Crippen LogP contribution in [0.4, 0.5) is 0 Å². The summed E-state index contributed by atoms with van der Waals surface area (Å²) < 4.78 is 31.6. The number of benzene rings is 2. The van der Waals surface area contributed by atoms with Crippen molar-refractivity contribution in [1.29, 1.82) is 0 Å². The first-order valence-electron chi connectivity index (χ1n) is 9.39. The number of hydrogen-bond acceptors (Lipinski definition) is 6. The van der Waals surface area contributed by atoms with Gasteiger partial charge in [-0.1, -0.05) is 23.7 Å². The van der Waals surface area contributed by atoms with Crippen LogP contribution in [0, 0.1) is 6.92 Å². The van der Waals surface area contributed by atoms with Crippen LogP contribution in [0.25, 0.3) is 11.3 Å². The van der Waals surface area contributed by atoms with Crippen LogP contribution in [0.3, 0.4) is 0 Å². The summed E-state index contributed by atoms with van der Waals surface area (Å²) in [5, 5.41) is 4.26. The van der Waals surface area contributed by atoms with Gasteiger partial charge in [-0.15, -0.1) is 11.3 Å². The van der Waals surface area contributed by atoms with Crippen LogP contribution < -0.4 is 10.0 Å². The Hall–Kier alpha value is -2.30. The van der Waals surface area contributed by atoms with E-state index in [9.17, 15) is 13.2 Å². The molecule has 0 saturated carbocycles. The highest BCUT2D eigenvalue weighted by atomic mass is 35.5. The fourth-order valence-electron chi connectivity index (χ4n) is 2.81. The number of halogens is 1. The summed E-state index contributed by atoms with van der Waals surface area (Å²) >= 11 is 7.45. The number of sulfonamides is 1. The first kappa shape index (κ1) is 23.4. The smallest absolute Gasteiger partial charge is 0.251 e. The molecule has 0 spiro atoms. The average Bonchev–Trinajstić information content (AvgIpc) is 3.13. The second-order valence-electron chi connectivity index (χ2n) is 6.62. The van der Waals surface area contributed by atoms with Crippen molar-refractivity contribution in [3.8, 4) is 11.3 Å². The van der Waals surface area contributed by atoms with Gasteiger partial charge in [0.2, 0.25) is 10.0 Å². The summed E-state index contributed by atoms with van der Waals surface area (Å²) in [6, 6.07) is 13.2. The second kappa shape index (κ2) is 10.3. The number of carbonyl (C=O) groups is 1. The van der Waals surface area contributed by atoms with Gasteiger partial charge in [0.1, 0.15) is 5.01 Å². The molecule has 10 heteroatoms. The molecule has 1 heterocycles. The maximum absolute atomic E-state index is 12.5. The Morgan fingerprint density at radius 3 is 2.45 bits per heavy atom. The number of rotatable bonds is 9. The van der Waals surface area contributed by atoms with Crippen molar-refractivity contribution in [3.63, 3.8) is 0 Å². The monoisotopic (exact) mass is 479 g/mol. The Balaban J connectivity index is 1.62. The highest BCUT2D eigenvalue weighted by Gasteiger charge is 2.15. The van der Waals surface area contributed by atoms with Crippen molar-refractivity contribution in [1.82, 2.24) is 15.0 Å². The molecule has 1 aromatic heterocycles. The second-order valence-corrected chi connectivity index (χ2v) is 10.1. The van der Waals surface area contributed by atoms with Crippen LogP contribution in [0.15, 0.2) is 53.4 Å². The highest BCUT2D eigenvalue weighted by molar-refractivity contribution is 7.89. The number of thiazole rings is 1. The van der Waals surface area contributed by atoms with E-state index >= 15 is 0 Å². The van der Waals surface area contributed by atoms with E-state index in [1.807, 2.05) is 31.2 Å². The zero-order valence-electron chi connectivity index (χ0n) is 17.0. The first-order valence-corrected chi connectivity index (χ1v) is 12.1. The Morgan fingerprint density at radius 1 is 1.13 bits per heavy atom. The van der Waals surface area contributed by atoms with Gasteiger partial charge in [0.15, 0.2) is 0 Å². The molecular formula is C21H22ClN3O4S2. The van der Waals surface area contributed by atoms with E-state index in [4.69, 9.17) is 16.3 Å². The minimum Gasteiger partial charge on any atom is -0.383 e. The third-order valence-electron chi connectivity index (χ3n) is 4.38. The lowest BCUT2D eigenvalue weighted by molar-refractivity contribution is 0.0950. The van der Waals surface area contributed by atoms with Crippen LogP contribution in [-0.4, -0.2) is 39.6 Å². The normalized spacial score (nSPS) is 11.5. The molecule has 0 bridgehead atoms. The van der Waals surface area contributed by atoms with E-state index in [1.165, 1.54) is 42.7 Å². The number of nitrogens with zero attached hydrogens (tertiary/aromatic N) is 1. The van der Waals surface area contributed by atoms with Gasteiger partial charge in [0.05, 0.1) is 23.7 Å². The molecule has 3 aromatic rings. The summed E-state index contributed by atoms with van der Waals surface area (Å²) in [7, 11) is -2.15. The molecule has 3 rings (SSSR count). The minimum atomic E-state index is -3.64. The summed E-state index contributed by atoms with van der Waals surface area (Å²) in [5.74, 6) is -0.308. The van der Waals surface area contributed by atoms with Gasteiger partial charge < -0.3 is 10.1 Å². The quantitative estimate of drug-likeness (QED) is 0.457. The predicted octanol–water partition coefficient (Wildman–Crippen LogP) is 3.63. The fourth-order valence-corrected chi connectivity index (χ4v) is 4.84. The number of amides is 1. The van der Waals surface area contributed by atoms with Crippen molar-refractivity contribution in [2.45, 2.75) is 18.4 Å². The van der Waals surface area contributed by atoms with Gasteiger partial charge in [0, 0.05) is 34.7 Å². The van der Waals surface area contributed by atoms with Gasteiger partial charge in [-0.2, -0.15) is 0 Å². The van der Waals surface area contributed by atoms with Crippen LogP contribution in [0.2, 0.25) is 5.02 Å². The van der Waals surface area contributed by atoms with Crippen LogP contribution in [0.5, 0.6) is 0 Å². The van der Waals surface area contributed by atoms with Gasteiger partial charge in [-0.3, -0.25) is 4.79 Å². The lowest BCUT2D eigenvalue weighted by atomic mass is 10.1. The molecule has 2 aromatic carbocycles. The summed E-state index contributed by atoms with van der Waals surface area (Å²) in [6.07, 6.45) is 0. The molecular weight excluding hydrogens is 458 g/mol. The third-order valence-corrected chi connectivity index (χ3v) is 7.08. The standard InChI is InChI=1S/C21H22ClN3O4S2/c1-14-20(15-3-7-17(22)8-4-15)25-19(30-14)13-23-21(26)16-5-9-18(10-6-16)31(27,28)24-11-12-29-2/h3-10,24H,11-13H2,1-2H3,(H,23,26). The van der Waals surface area contributed by atoms with E-state index in [0.29, 0.717) is 10.6 Å². The van der Waals surface area contributed by atoms with Crippen molar-refractivity contribution >= 4 is 38.9 Å². The molecule has 0 saturated heterocycles. The number of nitrogens with one attached hydrogen (secondary N) is 2. The van der Waals surface area contributed by atoms with Gasteiger partial charge in [-0.05, 0) is 43.3 Å². The summed E-state index contributed by atoms with van der Waals surface area (Å²) in [6.45, 7) is 2.70. The van der Waals surface area contributed by atoms with E-state index in [0.717, 1.165) is 21.1 Å². The molecule has 31 heavy (non-hydrogen) atoms. The summed E-state index contributed by atoms with van der Waals surface area (Å²) in [4.78, 5) is 18.2. The Bertz CT molecular complexity index is 1140.